The zero-order valence-electron chi connectivity index (χ0n) is 12.4. The summed E-state index contributed by atoms with van der Waals surface area (Å²) < 4.78 is 1.98. The van der Waals surface area contributed by atoms with E-state index < -0.39 is 0 Å². The van der Waals surface area contributed by atoms with Gasteiger partial charge in [-0.2, -0.15) is 0 Å². The number of aromatic nitrogens is 3. The lowest BCUT2D eigenvalue weighted by Crippen LogP contribution is -2.11. The molecular weight excluding hydrogens is 294 g/mol. The zero-order chi connectivity index (χ0) is 15.4. The van der Waals surface area contributed by atoms with E-state index in [1.807, 2.05) is 41.2 Å². The lowest BCUT2D eigenvalue weighted by molar-refractivity contribution is 0.0984. The molecule has 22 heavy (non-hydrogen) atoms. The molecule has 0 atom stereocenters. The zero-order valence-corrected chi connectivity index (χ0v) is 13.2. The fourth-order valence-corrected chi connectivity index (χ4v) is 3.17. The van der Waals surface area contributed by atoms with Crippen molar-refractivity contribution in [2.45, 2.75) is 26.3 Å². The van der Waals surface area contributed by atoms with E-state index in [-0.39, 0.29) is 5.78 Å². The third-order valence-corrected chi connectivity index (χ3v) is 4.62. The van der Waals surface area contributed by atoms with Crippen LogP contribution >= 0.6 is 11.3 Å². The molecule has 112 valence electrons. The van der Waals surface area contributed by atoms with Gasteiger partial charge in [-0.15, -0.1) is 11.3 Å². The number of rotatable bonds is 6. The van der Waals surface area contributed by atoms with Gasteiger partial charge in [-0.25, -0.2) is 4.98 Å². The summed E-state index contributed by atoms with van der Waals surface area (Å²) in [4.78, 5) is 22.1. The van der Waals surface area contributed by atoms with Crippen LogP contribution in [0.5, 0.6) is 0 Å². The number of hydrogen-bond donors (Lipinski definition) is 0. The molecule has 0 aliphatic heterocycles. The Morgan fingerprint density at radius 3 is 2.82 bits per heavy atom. The predicted molar refractivity (Wildman–Crippen MR) is 87.3 cm³/mol. The molecule has 0 aliphatic carbocycles. The van der Waals surface area contributed by atoms with Gasteiger partial charge in [0.05, 0.1) is 12.1 Å². The van der Waals surface area contributed by atoms with Gasteiger partial charge in [0.1, 0.15) is 5.01 Å². The minimum Gasteiger partial charge on any atom is -0.341 e. The van der Waals surface area contributed by atoms with Gasteiger partial charge < -0.3 is 4.57 Å². The number of ketones is 1. The summed E-state index contributed by atoms with van der Waals surface area (Å²) in [6.07, 6.45) is 8.66. The molecule has 5 heteroatoms. The first-order valence-corrected chi connectivity index (χ1v) is 8.08. The summed E-state index contributed by atoms with van der Waals surface area (Å²) in [7, 11) is 0. The molecule has 0 saturated heterocycles. The maximum Gasteiger partial charge on any atom is 0.186 e. The Balaban J connectivity index is 1.74. The maximum absolute atomic E-state index is 12.5. The van der Waals surface area contributed by atoms with Crippen LogP contribution in [0.15, 0.2) is 49.1 Å². The molecule has 3 aromatic heterocycles. The molecule has 0 spiro atoms. The van der Waals surface area contributed by atoms with E-state index in [1.54, 1.807) is 23.7 Å². The molecule has 0 N–H and O–H groups in total. The molecule has 0 bridgehead atoms. The molecule has 0 aliphatic rings. The smallest absolute Gasteiger partial charge is 0.186 e. The number of aryl methyl sites for hydroxylation is 1. The van der Waals surface area contributed by atoms with Crippen LogP contribution in [-0.2, 0) is 19.4 Å². The number of nitrogens with zero attached hydrogens (tertiary/aromatic N) is 3. The third kappa shape index (κ3) is 3.31. The van der Waals surface area contributed by atoms with Crippen molar-refractivity contribution in [3.63, 3.8) is 0 Å². The maximum atomic E-state index is 12.5. The molecule has 3 heterocycles. The molecule has 4 nitrogen and oxygen atoms in total. The second-order valence-corrected chi connectivity index (χ2v) is 6.25. The molecular formula is C17H17N3OS. The van der Waals surface area contributed by atoms with Crippen LogP contribution in [0.3, 0.4) is 0 Å². The van der Waals surface area contributed by atoms with Gasteiger partial charge in [0.15, 0.2) is 5.78 Å². The monoisotopic (exact) mass is 311 g/mol. The second-order valence-electron chi connectivity index (χ2n) is 5.05. The fraction of sp³-hybridized carbons (Fsp3) is 0.235. The molecule has 0 aromatic carbocycles. The van der Waals surface area contributed by atoms with Crippen molar-refractivity contribution < 1.29 is 4.79 Å². The largest absolute Gasteiger partial charge is 0.341 e. The van der Waals surface area contributed by atoms with Gasteiger partial charge in [-0.3, -0.25) is 9.78 Å². The van der Waals surface area contributed by atoms with E-state index in [0.717, 1.165) is 22.7 Å². The summed E-state index contributed by atoms with van der Waals surface area (Å²) in [5.41, 5.74) is 1.85. The van der Waals surface area contributed by atoms with Crippen molar-refractivity contribution in [3.05, 3.63) is 70.2 Å². The molecule has 3 aromatic rings. The number of carbonyl (C=O) groups excluding carboxylic acids is 1. The van der Waals surface area contributed by atoms with Gasteiger partial charge in [-0.05, 0) is 36.2 Å². The number of hydrogen-bond acceptors (Lipinski definition) is 4. The summed E-state index contributed by atoms with van der Waals surface area (Å²) >= 11 is 1.62. The Morgan fingerprint density at radius 1 is 1.27 bits per heavy atom. The van der Waals surface area contributed by atoms with Crippen molar-refractivity contribution >= 4 is 17.1 Å². The van der Waals surface area contributed by atoms with E-state index in [0.29, 0.717) is 13.0 Å². The lowest BCUT2D eigenvalue weighted by Gasteiger charge is -2.08. The normalized spacial score (nSPS) is 10.8. The number of pyridine rings is 1. The minimum absolute atomic E-state index is 0.107. The van der Waals surface area contributed by atoms with E-state index in [9.17, 15) is 4.79 Å². The second kappa shape index (κ2) is 6.66. The summed E-state index contributed by atoms with van der Waals surface area (Å²) in [6.45, 7) is 2.77. The predicted octanol–water partition coefficient (Wildman–Crippen LogP) is 3.38. The Bertz CT molecular complexity index is 761. The average Bonchev–Trinajstić information content (AvgIpc) is 3.17. The highest BCUT2D eigenvalue weighted by molar-refractivity contribution is 7.11. The highest BCUT2D eigenvalue weighted by atomic mass is 32.1. The number of Topliss-reactive ketones (excluding diaryl/α,β-unsaturated/α-hetero) is 1. The Labute approximate surface area is 133 Å². The summed E-state index contributed by atoms with van der Waals surface area (Å²) in [5, 5.41) is 0.888. The van der Waals surface area contributed by atoms with Crippen LogP contribution in [0, 0.1) is 0 Å². The Morgan fingerprint density at radius 2 is 2.09 bits per heavy atom. The van der Waals surface area contributed by atoms with Crippen molar-refractivity contribution in [2.75, 3.05) is 0 Å². The van der Waals surface area contributed by atoms with E-state index in [4.69, 9.17) is 0 Å². The quantitative estimate of drug-likeness (QED) is 0.656. The highest BCUT2D eigenvalue weighted by Crippen LogP contribution is 2.16. The highest BCUT2D eigenvalue weighted by Gasteiger charge is 2.14. The first kappa shape index (κ1) is 14.7. The van der Waals surface area contributed by atoms with Crippen molar-refractivity contribution in [2.24, 2.45) is 0 Å². The first-order valence-electron chi connectivity index (χ1n) is 7.27. The standard InChI is InChI=1S/C17H17N3OS/c1-2-14-11-19-17(22-14)10-16(21)15-4-3-9-20(15)12-13-5-7-18-8-6-13/h3-9,11H,2,10,12H2,1H3. The number of thiazole rings is 1. The molecule has 0 saturated carbocycles. The fourth-order valence-electron chi connectivity index (χ4n) is 2.31. The topological polar surface area (TPSA) is 47.8 Å². The van der Waals surface area contributed by atoms with Crippen molar-refractivity contribution in [1.82, 2.24) is 14.5 Å². The van der Waals surface area contributed by atoms with Gasteiger partial charge in [-0.1, -0.05) is 6.92 Å². The van der Waals surface area contributed by atoms with Crippen LogP contribution in [0.25, 0.3) is 0 Å². The van der Waals surface area contributed by atoms with E-state index in [2.05, 4.69) is 16.9 Å². The third-order valence-electron chi connectivity index (χ3n) is 3.48. The van der Waals surface area contributed by atoms with Gasteiger partial charge in [0, 0.05) is 36.2 Å². The van der Waals surface area contributed by atoms with Gasteiger partial charge >= 0.3 is 0 Å². The minimum atomic E-state index is 0.107. The van der Waals surface area contributed by atoms with Crippen LogP contribution in [-0.4, -0.2) is 20.3 Å². The Hall–Kier alpha value is -2.27. The van der Waals surface area contributed by atoms with Crippen molar-refractivity contribution in [3.8, 4) is 0 Å². The number of carbonyl (C=O) groups is 1. The van der Waals surface area contributed by atoms with E-state index >= 15 is 0 Å². The summed E-state index contributed by atoms with van der Waals surface area (Å²) in [6, 6.07) is 7.71. The molecule has 3 rings (SSSR count). The van der Waals surface area contributed by atoms with Gasteiger partial charge in [0.2, 0.25) is 0 Å². The van der Waals surface area contributed by atoms with Crippen LogP contribution in [0.1, 0.15) is 32.9 Å². The van der Waals surface area contributed by atoms with Crippen molar-refractivity contribution in [1.29, 1.82) is 0 Å². The van der Waals surface area contributed by atoms with Crippen LogP contribution in [0.4, 0.5) is 0 Å². The van der Waals surface area contributed by atoms with Crippen LogP contribution < -0.4 is 0 Å². The van der Waals surface area contributed by atoms with Gasteiger partial charge in [0.25, 0.3) is 0 Å². The van der Waals surface area contributed by atoms with E-state index in [1.165, 1.54) is 4.88 Å². The lowest BCUT2D eigenvalue weighted by atomic mass is 10.2. The van der Waals surface area contributed by atoms with Crippen LogP contribution in [0.2, 0.25) is 0 Å². The molecule has 0 radical (unpaired) electrons. The Kier molecular flexibility index (Phi) is 4.44. The molecule has 0 fully saturated rings. The average molecular weight is 311 g/mol. The first-order chi connectivity index (χ1) is 10.8. The SMILES string of the molecule is CCc1cnc(CC(=O)c2cccn2Cc2ccncc2)s1. The molecule has 0 unspecified atom stereocenters. The summed E-state index contributed by atoms with van der Waals surface area (Å²) in [5.74, 6) is 0.107. The molecule has 0 amide bonds.